The molecule has 0 saturated carbocycles. The number of aromatic nitrogens is 6. The van der Waals surface area contributed by atoms with Crippen molar-refractivity contribution >= 4 is 34.8 Å². The third-order valence-electron chi connectivity index (χ3n) is 7.84. The smallest absolute Gasteiger partial charge is 0.435 e. The Morgan fingerprint density at radius 3 is 2.31 bits per heavy atom. The van der Waals surface area contributed by atoms with E-state index >= 15 is 4.39 Å². The molecule has 0 atom stereocenters. The molecule has 51 heavy (non-hydrogen) atoms. The van der Waals surface area contributed by atoms with E-state index in [0.717, 1.165) is 37.9 Å². The summed E-state index contributed by atoms with van der Waals surface area (Å²) in [6, 6.07) is 11.4. The highest BCUT2D eigenvalue weighted by Crippen LogP contribution is 2.38. The number of benzene rings is 3. The summed E-state index contributed by atoms with van der Waals surface area (Å²) < 4.78 is 45.8. The van der Waals surface area contributed by atoms with Crippen molar-refractivity contribution in [2.45, 2.75) is 46.3 Å². The van der Waals surface area contributed by atoms with E-state index < -0.39 is 40.6 Å². The van der Waals surface area contributed by atoms with Gasteiger partial charge < -0.3 is 9.47 Å². The van der Waals surface area contributed by atoms with Crippen LogP contribution in [0.4, 0.5) is 25.0 Å². The lowest BCUT2D eigenvalue weighted by Gasteiger charge is -2.22. The Kier molecular flexibility index (Phi) is 8.89. The standard InChI is InChI=1S/C36H33F2N7O6/c1-21(2)42-19-30(33(47)45(34(42)48)25-9-7-24(37)8-10-25)43(20-46)26-11-12-31(28(38)14-26)50-32-13-22-16-39-41(6)29(22)15-27(32)23-17-40-44(18-23)35(49)51-36(3,4)5/h7-21H,1-6H3. The predicted octanol–water partition coefficient (Wildman–Crippen LogP) is 6.48. The quantitative estimate of drug-likeness (QED) is 0.165. The number of amides is 1. The molecule has 0 bridgehead atoms. The van der Waals surface area contributed by atoms with E-state index in [1.807, 2.05) is 0 Å². The average molecular weight is 698 g/mol. The fourth-order valence-electron chi connectivity index (χ4n) is 5.37. The van der Waals surface area contributed by atoms with Gasteiger partial charge in [-0.1, -0.05) is 0 Å². The summed E-state index contributed by atoms with van der Waals surface area (Å²) in [7, 11) is 1.76. The van der Waals surface area contributed by atoms with E-state index in [0.29, 0.717) is 22.9 Å². The summed E-state index contributed by atoms with van der Waals surface area (Å²) in [6.07, 6.45) is 5.39. The molecule has 1 amide bonds. The number of halogens is 2. The van der Waals surface area contributed by atoms with E-state index in [1.165, 1.54) is 47.4 Å². The highest BCUT2D eigenvalue weighted by molar-refractivity contribution is 5.89. The molecule has 3 heterocycles. The van der Waals surface area contributed by atoms with Gasteiger partial charge in [-0.2, -0.15) is 14.9 Å². The first-order chi connectivity index (χ1) is 24.1. The van der Waals surface area contributed by atoms with Crippen LogP contribution in [-0.4, -0.2) is 46.8 Å². The summed E-state index contributed by atoms with van der Waals surface area (Å²) in [4.78, 5) is 53.1. The largest absolute Gasteiger partial charge is 0.454 e. The number of aryl methyl sites for hydroxylation is 1. The monoisotopic (exact) mass is 697 g/mol. The summed E-state index contributed by atoms with van der Waals surface area (Å²) in [5.74, 6) is -1.45. The van der Waals surface area contributed by atoms with Crippen LogP contribution in [0.15, 0.2) is 89.0 Å². The molecule has 0 fully saturated rings. The normalized spacial score (nSPS) is 11.6. The molecular formula is C36H33F2N7O6. The number of rotatable bonds is 8. The first-order valence-corrected chi connectivity index (χ1v) is 15.8. The molecular weight excluding hydrogens is 664 g/mol. The Morgan fingerprint density at radius 1 is 0.941 bits per heavy atom. The van der Waals surface area contributed by atoms with Gasteiger partial charge in [0.2, 0.25) is 6.41 Å². The van der Waals surface area contributed by atoms with Gasteiger partial charge in [0.1, 0.15) is 22.9 Å². The highest BCUT2D eigenvalue weighted by atomic mass is 19.1. The molecule has 6 aromatic rings. The fraction of sp³-hybridized carbons (Fsp3) is 0.222. The fourth-order valence-corrected chi connectivity index (χ4v) is 5.37. The maximum Gasteiger partial charge on any atom is 0.435 e. The van der Waals surface area contributed by atoms with Crippen molar-refractivity contribution in [3.05, 3.63) is 112 Å². The number of ether oxygens (including phenoxy) is 2. The lowest BCUT2D eigenvalue weighted by atomic mass is 10.1. The molecule has 262 valence electrons. The van der Waals surface area contributed by atoms with Crippen molar-refractivity contribution in [2.24, 2.45) is 7.05 Å². The van der Waals surface area contributed by atoms with E-state index in [4.69, 9.17) is 9.47 Å². The number of hydrogen-bond acceptors (Lipinski definition) is 8. The van der Waals surface area contributed by atoms with Crippen LogP contribution >= 0.6 is 0 Å². The Morgan fingerprint density at radius 2 is 1.67 bits per heavy atom. The average Bonchev–Trinajstić information content (AvgIpc) is 3.70. The molecule has 3 aromatic carbocycles. The Balaban J connectivity index is 1.39. The van der Waals surface area contributed by atoms with Gasteiger partial charge in [-0.25, -0.2) is 22.9 Å². The Hall–Kier alpha value is -6.38. The van der Waals surface area contributed by atoms with E-state index in [2.05, 4.69) is 10.2 Å². The topological polar surface area (TPSA) is 135 Å². The minimum atomic E-state index is -0.878. The molecule has 0 aliphatic heterocycles. The molecule has 0 spiro atoms. The molecule has 0 saturated heterocycles. The van der Waals surface area contributed by atoms with Crippen molar-refractivity contribution in [1.82, 2.24) is 28.7 Å². The van der Waals surface area contributed by atoms with Crippen LogP contribution in [0.25, 0.3) is 27.7 Å². The van der Waals surface area contributed by atoms with Crippen LogP contribution in [0.1, 0.15) is 40.7 Å². The van der Waals surface area contributed by atoms with Crippen molar-refractivity contribution < 1.29 is 27.8 Å². The summed E-state index contributed by atoms with van der Waals surface area (Å²) >= 11 is 0. The van der Waals surface area contributed by atoms with Gasteiger partial charge in [0.15, 0.2) is 11.6 Å². The molecule has 13 nitrogen and oxygen atoms in total. The van der Waals surface area contributed by atoms with Crippen molar-refractivity contribution in [3.8, 4) is 28.3 Å². The van der Waals surface area contributed by atoms with Gasteiger partial charge in [-0.3, -0.25) is 23.7 Å². The molecule has 0 aliphatic rings. The molecule has 15 heteroatoms. The van der Waals surface area contributed by atoms with Crippen LogP contribution in [0.2, 0.25) is 0 Å². The molecule has 6 rings (SSSR count). The lowest BCUT2D eigenvalue weighted by molar-refractivity contribution is -0.106. The number of carbonyl (C=O) groups is 2. The van der Waals surface area contributed by atoms with Gasteiger partial charge in [-0.05, 0) is 83.1 Å². The van der Waals surface area contributed by atoms with Gasteiger partial charge >= 0.3 is 11.8 Å². The minimum absolute atomic E-state index is 0.0341. The van der Waals surface area contributed by atoms with Crippen LogP contribution in [0.5, 0.6) is 11.5 Å². The number of anilines is 2. The third kappa shape index (κ3) is 6.77. The second kappa shape index (κ2) is 13.2. The number of nitrogens with zero attached hydrogens (tertiary/aromatic N) is 7. The summed E-state index contributed by atoms with van der Waals surface area (Å²) in [5.41, 5.74) is -0.855. The lowest BCUT2D eigenvalue weighted by Crippen LogP contribution is -2.41. The zero-order valence-electron chi connectivity index (χ0n) is 28.5. The predicted molar refractivity (Wildman–Crippen MR) is 185 cm³/mol. The van der Waals surface area contributed by atoms with E-state index in [1.54, 1.807) is 64.7 Å². The Labute approximate surface area is 289 Å². The van der Waals surface area contributed by atoms with E-state index in [9.17, 15) is 23.6 Å². The van der Waals surface area contributed by atoms with Crippen LogP contribution in [0, 0.1) is 11.6 Å². The second-order valence-electron chi connectivity index (χ2n) is 12.9. The minimum Gasteiger partial charge on any atom is -0.454 e. The van der Waals surface area contributed by atoms with E-state index in [-0.39, 0.29) is 28.6 Å². The van der Waals surface area contributed by atoms with Crippen LogP contribution in [0.3, 0.4) is 0 Å². The highest BCUT2D eigenvalue weighted by Gasteiger charge is 2.23. The molecule has 0 radical (unpaired) electrons. The van der Waals surface area contributed by atoms with Crippen LogP contribution in [-0.2, 0) is 16.6 Å². The molecule has 0 aliphatic carbocycles. The van der Waals surface area contributed by atoms with Gasteiger partial charge in [0.05, 0.1) is 29.3 Å². The summed E-state index contributed by atoms with van der Waals surface area (Å²) in [6.45, 7) is 8.63. The van der Waals surface area contributed by atoms with Gasteiger partial charge in [0.25, 0.3) is 5.56 Å². The van der Waals surface area contributed by atoms with Crippen LogP contribution < -0.4 is 20.9 Å². The maximum absolute atomic E-state index is 15.9. The van der Waals surface area contributed by atoms with Gasteiger partial charge in [0, 0.05) is 48.1 Å². The SMILES string of the molecule is CC(C)n1cc(N(C=O)c2ccc(Oc3cc4cnn(C)c4cc3-c3cnn(C(=O)OC(C)(C)C)c3)c(F)c2)c(=O)n(-c2ccc(F)cc2)c1=O. The second-order valence-corrected chi connectivity index (χ2v) is 12.9. The molecule has 0 N–H and O–H groups in total. The Bertz CT molecular complexity index is 2420. The van der Waals surface area contributed by atoms with Gasteiger partial charge in [-0.15, -0.1) is 0 Å². The third-order valence-corrected chi connectivity index (χ3v) is 7.84. The molecule has 3 aromatic heterocycles. The van der Waals surface area contributed by atoms with Crippen molar-refractivity contribution in [2.75, 3.05) is 4.90 Å². The first-order valence-electron chi connectivity index (χ1n) is 15.8. The zero-order chi connectivity index (χ0) is 36.8. The van der Waals surface area contributed by atoms with Crippen molar-refractivity contribution in [1.29, 1.82) is 0 Å². The first kappa shape index (κ1) is 34.5. The number of fused-ring (bicyclic) bond motifs is 1. The number of hydrogen-bond donors (Lipinski definition) is 0. The summed E-state index contributed by atoms with van der Waals surface area (Å²) in [5, 5.41) is 9.13. The number of carbonyl (C=O) groups excluding carboxylic acids is 2. The van der Waals surface area contributed by atoms with Crippen molar-refractivity contribution in [3.63, 3.8) is 0 Å². The maximum atomic E-state index is 15.9. The zero-order valence-corrected chi connectivity index (χ0v) is 28.5. The molecule has 0 unspecified atom stereocenters.